The van der Waals surface area contributed by atoms with Crippen LogP contribution in [0.4, 0.5) is 0 Å². The molecule has 0 aromatic carbocycles. The van der Waals surface area contributed by atoms with E-state index in [1.807, 2.05) is 10.7 Å². The van der Waals surface area contributed by atoms with Gasteiger partial charge in [-0.3, -0.25) is 9.48 Å². The van der Waals surface area contributed by atoms with Gasteiger partial charge in [0.05, 0.1) is 17.5 Å². The minimum atomic E-state index is -2.99. The summed E-state index contributed by atoms with van der Waals surface area (Å²) in [7, 11) is -2.99. The summed E-state index contributed by atoms with van der Waals surface area (Å²) in [4.78, 5) is 15.3. The van der Waals surface area contributed by atoms with Crippen molar-refractivity contribution in [2.75, 3.05) is 31.1 Å². The Kier molecular flexibility index (Phi) is 5.29. The molecule has 1 aromatic heterocycles. The van der Waals surface area contributed by atoms with Crippen LogP contribution in [0.25, 0.3) is 0 Å². The van der Waals surface area contributed by atoms with Crippen LogP contribution in [0.2, 0.25) is 0 Å². The zero-order valence-corrected chi connectivity index (χ0v) is 17.8. The summed E-state index contributed by atoms with van der Waals surface area (Å²) >= 11 is 0. The summed E-state index contributed by atoms with van der Waals surface area (Å²) in [6, 6.07) is 1.75. The molecule has 1 aliphatic carbocycles. The second kappa shape index (κ2) is 7.44. The number of carbonyl (C=O) groups excluding carboxylic acids is 1. The molecule has 0 bridgehead atoms. The summed E-state index contributed by atoms with van der Waals surface area (Å²) in [6.07, 6.45) is 6.51. The van der Waals surface area contributed by atoms with Crippen molar-refractivity contribution in [1.82, 2.24) is 20.0 Å². The van der Waals surface area contributed by atoms with Crippen LogP contribution >= 0.6 is 0 Å². The molecular formula is C20H32N4O3S. The minimum absolute atomic E-state index is 0.135. The van der Waals surface area contributed by atoms with E-state index in [9.17, 15) is 13.2 Å². The van der Waals surface area contributed by atoms with Crippen molar-refractivity contribution >= 4 is 15.7 Å². The van der Waals surface area contributed by atoms with Gasteiger partial charge in [0.15, 0.2) is 9.84 Å². The van der Waals surface area contributed by atoms with Crippen LogP contribution < -0.4 is 5.32 Å². The van der Waals surface area contributed by atoms with Crippen LogP contribution in [0.15, 0.2) is 6.07 Å². The number of piperidine rings is 1. The normalized spacial score (nSPS) is 25.7. The molecule has 0 spiro atoms. The van der Waals surface area contributed by atoms with Crippen LogP contribution in [-0.4, -0.2) is 65.7 Å². The first kappa shape index (κ1) is 19.9. The maximum Gasteiger partial charge on any atom is 0.272 e. The molecule has 2 aliphatic heterocycles. The lowest BCUT2D eigenvalue weighted by molar-refractivity contribution is 0.0872. The molecule has 7 nitrogen and oxygen atoms in total. The molecule has 1 amide bonds. The highest BCUT2D eigenvalue weighted by atomic mass is 32.2. The molecule has 0 unspecified atom stereocenters. The highest BCUT2D eigenvalue weighted by Crippen LogP contribution is 2.42. The van der Waals surface area contributed by atoms with Gasteiger partial charge >= 0.3 is 0 Å². The number of sulfone groups is 1. The lowest BCUT2D eigenvalue weighted by atomic mass is 10.0. The summed E-state index contributed by atoms with van der Waals surface area (Å²) in [5, 5.41) is 7.73. The first-order valence-corrected chi connectivity index (χ1v) is 12.4. The van der Waals surface area contributed by atoms with Crippen molar-refractivity contribution in [2.24, 2.45) is 0 Å². The van der Waals surface area contributed by atoms with Gasteiger partial charge in [-0.15, -0.1) is 0 Å². The third kappa shape index (κ3) is 4.59. The predicted molar refractivity (Wildman–Crippen MR) is 108 cm³/mol. The SMILES string of the molecule is CC(C)(CN1CCCCC1)NC(=O)c1cc(C2CC2)n([C@@H]2CCS(=O)(=O)C2)n1. The smallest absolute Gasteiger partial charge is 0.272 e. The van der Waals surface area contributed by atoms with Gasteiger partial charge in [0, 0.05) is 23.7 Å². The van der Waals surface area contributed by atoms with Gasteiger partial charge in [0.1, 0.15) is 5.69 Å². The Morgan fingerprint density at radius 2 is 1.93 bits per heavy atom. The fourth-order valence-electron chi connectivity index (χ4n) is 4.55. The van der Waals surface area contributed by atoms with Crippen molar-refractivity contribution in [3.63, 3.8) is 0 Å². The van der Waals surface area contributed by atoms with Gasteiger partial charge in [-0.25, -0.2) is 8.42 Å². The number of carbonyl (C=O) groups is 1. The van der Waals surface area contributed by atoms with E-state index in [1.54, 1.807) is 0 Å². The van der Waals surface area contributed by atoms with Gasteiger partial charge in [-0.2, -0.15) is 5.10 Å². The molecule has 3 aliphatic rings. The molecular weight excluding hydrogens is 376 g/mol. The molecule has 3 heterocycles. The monoisotopic (exact) mass is 408 g/mol. The number of aromatic nitrogens is 2. The second-order valence-electron chi connectivity index (χ2n) is 9.40. The van der Waals surface area contributed by atoms with Crippen molar-refractivity contribution in [1.29, 1.82) is 0 Å². The second-order valence-corrected chi connectivity index (χ2v) is 11.6. The van der Waals surface area contributed by atoms with Gasteiger partial charge in [0.25, 0.3) is 5.91 Å². The van der Waals surface area contributed by atoms with Crippen LogP contribution in [0.1, 0.15) is 80.5 Å². The Balaban J connectivity index is 1.47. The van der Waals surface area contributed by atoms with Crippen molar-refractivity contribution in [3.8, 4) is 0 Å². The van der Waals surface area contributed by atoms with Crippen molar-refractivity contribution in [3.05, 3.63) is 17.5 Å². The van der Waals surface area contributed by atoms with Crippen LogP contribution in [0.5, 0.6) is 0 Å². The lowest BCUT2D eigenvalue weighted by Crippen LogP contribution is -2.52. The highest BCUT2D eigenvalue weighted by molar-refractivity contribution is 7.91. The van der Waals surface area contributed by atoms with E-state index in [1.165, 1.54) is 19.3 Å². The Morgan fingerprint density at radius 1 is 1.21 bits per heavy atom. The van der Waals surface area contributed by atoms with Crippen molar-refractivity contribution < 1.29 is 13.2 Å². The Labute approximate surface area is 167 Å². The van der Waals surface area contributed by atoms with Gasteiger partial charge in [0.2, 0.25) is 0 Å². The molecule has 1 N–H and O–H groups in total. The van der Waals surface area contributed by atoms with Crippen LogP contribution in [-0.2, 0) is 9.84 Å². The molecule has 156 valence electrons. The first-order valence-electron chi connectivity index (χ1n) is 10.6. The van der Waals surface area contributed by atoms with E-state index >= 15 is 0 Å². The lowest BCUT2D eigenvalue weighted by Gasteiger charge is -2.35. The average Bonchev–Trinajstić information content (AvgIpc) is 3.26. The Bertz CT molecular complexity index is 836. The largest absolute Gasteiger partial charge is 0.344 e. The summed E-state index contributed by atoms with van der Waals surface area (Å²) in [5.74, 6) is 0.601. The quantitative estimate of drug-likeness (QED) is 0.779. The zero-order chi connectivity index (χ0) is 19.9. The molecule has 8 heteroatoms. The number of hydrogen-bond donors (Lipinski definition) is 1. The number of rotatable bonds is 6. The fraction of sp³-hybridized carbons (Fsp3) is 0.800. The van der Waals surface area contributed by atoms with Crippen LogP contribution in [0.3, 0.4) is 0 Å². The van der Waals surface area contributed by atoms with E-state index < -0.39 is 9.84 Å². The van der Waals surface area contributed by atoms with E-state index in [0.717, 1.165) is 38.2 Å². The number of likely N-dealkylation sites (tertiary alicyclic amines) is 1. The van der Waals surface area contributed by atoms with Gasteiger partial charge < -0.3 is 10.2 Å². The fourth-order valence-corrected chi connectivity index (χ4v) is 6.24. The Morgan fingerprint density at radius 3 is 2.54 bits per heavy atom. The molecule has 3 fully saturated rings. The topological polar surface area (TPSA) is 84.3 Å². The number of hydrogen-bond acceptors (Lipinski definition) is 5. The first-order chi connectivity index (χ1) is 13.2. The van der Waals surface area contributed by atoms with Crippen LogP contribution in [0, 0.1) is 0 Å². The Hall–Kier alpha value is -1.41. The van der Waals surface area contributed by atoms with E-state index in [2.05, 4.69) is 29.2 Å². The maximum atomic E-state index is 12.9. The number of nitrogens with one attached hydrogen (secondary N) is 1. The summed E-state index contributed by atoms with van der Waals surface area (Å²) < 4.78 is 25.6. The van der Waals surface area contributed by atoms with Gasteiger partial charge in [-0.05, 0) is 65.1 Å². The average molecular weight is 409 g/mol. The third-order valence-electron chi connectivity index (χ3n) is 6.07. The molecule has 0 radical (unpaired) electrons. The number of nitrogens with zero attached hydrogens (tertiary/aromatic N) is 3. The summed E-state index contributed by atoms with van der Waals surface area (Å²) in [5.41, 5.74) is 1.10. The number of amides is 1. The molecule has 2 saturated heterocycles. The third-order valence-corrected chi connectivity index (χ3v) is 7.82. The molecule has 28 heavy (non-hydrogen) atoms. The molecule has 1 atom stereocenters. The zero-order valence-electron chi connectivity index (χ0n) is 17.0. The van der Waals surface area contributed by atoms with E-state index in [0.29, 0.717) is 18.0 Å². The predicted octanol–water partition coefficient (Wildman–Crippen LogP) is 2.11. The summed E-state index contributed by atoms with van der Waals surface area (Å²) in [6.45, 7) is 7.13. The van der Waals surface area contributed by atoms with E-state index in [4.69, 9.17) is 0 Å². The highest BCUT2D eigenvalue weighted by Gasteiger charge is 2.36. The standard InChI is InChI=1S/C20H32N4O3S/c1-20(2,14-23-9-4-3-5-10-23)21-19(25)17-12-18(15-6-7-15)24(22-17)16-8-11-28(26,27)13-16/h12,15-16H,3-11,13-14H2,1-2H3,(H,21,25)/t16-/m1/s1. The van der Waals surface area contributed by atoms with Gasteiger partial charge in [-0.1, -0.05) is 6.42 Å². The molecule has 4 rings (SSSR count). The van der Waals surface area contributed by atoms with E-state index in [-0.39, 0.29) is 29.0 Å². The molecule has 1 aromatic rings. The van der Waals surface area contributed by atoms with Crippen molar-refractivity contribution in [2.45, 2.75) is 69.9 Å². The molecule has 1 saturated carbocycles. The maximum absolute atomic E-state index is 12.9. The minimum Gasteiger partial charge on any atom is -0.344 e.